The van der Waals surface area contributed by atoms with Crippen LogP contribution in [-0.2, 0) is 0 Å². The normalized spacial score (nSPS) is 10.6. The molecule has 0 aliphatic carbocycles. The summed E-state index contributed by atoms with van der Waals surface area (Å²) >= 11 is 0. The van der Waals surface area contributed by atoms with Crippen LogP contribution in [0.4, 0.5) is 5.69 Å². The lowest BCUT2D eigenvalue weighted by Gasteiger charge is -2.07. The fourth-order valence-corrected chi connectivity index (χ4v) is 2.49. The van der Waals surface area contributed by atoms with Crippen molar-refractivity contribution in [2.45, 2.75) is 20.8 Å². The predicted molar refractivity (Wildman–Crippen MR) is 92.2 cm³/mol. The summed E-state index contributed by atoms with van der Waals surface area (Å²) in [5.41, 5.74) is 5.45. The summed E-state index contributed by atoms with van der Waals surface area (Å²) in [6.07, 6.45) is 1.61. The van der Waals surface area contributed by atoms with E-state index < -0.39 is 0 Å². The Morgan fingerprint density at radius 1 is 1.00 bits per heavy atom. The molecule has 1 amide bonds. The van der Waals surface area contributed by atoms with Gasteiger partial charge in [0.15, 0.2) is 0 Å². The molecule has 0 radical (unpaired) electrons. The van der Waals surface area contributed by atoms with Crippen LogP contribution in [0.25, 0.3) is 5.69 Å². The zero-order valence-electron chi connectivity index (χ0n) is 13.5. The summed E-state index contributed by atoms with van der Waals surface area (Å²) < 4.78 is 1.79. The zero-order valence-corrected chi connectivity index (χ0v) is 13.5. The van der Waals surface area contributed by atoms with E-state index in [0.29, 0.717) is 5.56 Å². The van der Waals surface area contributed by atoms with E-state index in [0.717, 1.165) is 28.2 Å². The van der Waals surface area contributed by atoms with Crippen LogP contribution in [0.1, 0.15) is 27.2 Å². The van der Waals surface area contributed by atoms with E-state index in [1.54, 1.807) is 10.9 Å². The average Bonchev–Trinajstić information content (AvgIpc) is 2.91. The number of nitrogens with one attached hydrogen (secondary N) is 1. The van der Waals surface area contributed by atoms with Gasteiger partial charge >= 0.3 is 0 Å². The summed E-state index contributed by atoms with van der Waals surface area (Å²) in [5.74, 6) is -0.148. The standard InChI is InChI=1S/C19H19N3O/c1-13-7-9-16(10-8-13)21-19(23)18-12-20-22(15(18)3)17-6-4-5-14(2)11-17/h4-12H,1-3H3,(H,21,23). The largest absolute Gasteiger partial charge is 0.322 e. The molecule has 2 aromatic carbocycles. The molecule has 0 spiro atoms. The van der Waals surface area contributed by atoms with Crippen molar-refractivity contribution < 1.29 is 4.79 Å². The lowest BCUT2D eigenvalue weighted by Crippen LogP contribution is -2.13. The minimum atomic E-state index is -0.148. The summed E-state index contributed by atoms with van der Waals surface area (Å²) in [6, 6.07) is 15.8. The van der Waals surface area contributed by atoms with Crippen molar-refractivity contribution in [3.63, 3.8) is 0 Å². The zero-order chi connectivity index (χ0) is 16.4. The summed E-state index contributed by atoms with van der Waals surface area (Å²) in [7, 11) is 0. The number of rotatable bonds is 3. The third-order valence-electron chi connectivity index (χ3n) is 3.81. The highest BCUT2D eigenvalue weighted by Crippen LogP contribution is 2.17. The molecule has 0 saturated heterocycles. The summed E-state index contributed by atoms with van der Waals surface area (Å²) in [6.45, 7) is 5.95. The number of anilines is 1. The Balaban J connectivity index is 1.86. The third-order valence-corrected chi connectivity index (χ3v) is 3.81. The predicted octanol–water partition coefficient (Wildman–Crippen LogP) is 4.05. The highest BCUT2D eigenvalue weighted by Gasteiger charge is 2.15. The minimum absolute atomic E-state index is 0.148. The SMILES string of the molecule is Cc1ccc(NC(=O)c2cnn(-c3cccc(C)c3)c2C)cc1. The van der Waals surface area contributed by atoms with Crippen LogP contribution in [0, 0.1) is 20.8 Å². The van der Waals surface area contributed by atoms with Gasteiger partial charge in [0.2, 0.25) is 0 Å². The Kier molecular flexibility index (Phi) is 3.98. The molecule has 0 aliphatic heterocycles. The lowest BCUT2D eigenvalue weighted by atomic mass is 10.2. The minimum Gasteiger partial charge on any atom is -0.322 e. The molecule has 1 aromatic heterocycles. The quantitative estimate of drug-likeness (QED) is 0.793. The molecule has 1 N–H and O–H groups in total. The third kappa shape index (κ3) is 3.16. The summed E-state index contributed by atoms with van der Waals surface area (Å²) in [4.78, 5) is 12.5. The molecule has 0 aliphatic rings. The van der Waals surface area contributed by atoms with Crippen LogP contribution >= 0.6 is 0 Å². The van der Waals surface area contributed by atoms with Crippen LogP contribution in [0.15, 0.2) is 54.7 Å². The van der Waals surface area contributed by atoms with Crippen LogP contribution < -0.4 is 5.32 Å². The number of amides is 1. The molecule has 3 aromatic rings. The van der Waals surface area contributed by atoms with Gasteiger partial charge in [0.1, 0.15) is 0 Å². The van der Waals surface area contributed by atoms with E-state index in [1.807, 2.05) is 69.3 Å². The number of benzene rings is 2. The van der Waals surface area contributed by atoms with Gasteiger partial charge in [-0.2, -0.15) is 5.10 Å². The van der Waals surface area contributed by atoms with Gasteiger partial charge in [-0.05, 0) is 50.6 Å². The monoisotopic (exact) mass is 305 g/mol. The Morgan fingerprint density at radius 3 is 2.43 bits per heavy atom. The fraction of sp³-hybridized carbons (Fsp3) is 0.158. The summed E-state index contributed by atoms with van der Waals surface area (Å²) in [5, 5.41) is 7.27. The van der Waals surface area contributed by atoms with Gasteiger partial charge in [-0.25, -0.2) is 4.68 Å². The first kappa shape index (κ1) is 15.0. The molecule has 23 heavy (non-hydrogen) atoms. The lowest BCUT2D eigenvalue weighted by molar-refractivity contribution is 0.102. The maximum absolute atomic E-state index is 12.5. The molecular weight excluding hydrogens is 286 g/mol. The molecule has 116 valence electrons. The molecule has 3 rings (SSSR count). The van der Waals surface area contributed by atoms with E-state index in [9.17, 15) is 4.79 Å². The number of carbonyl (C=O) groups excluding carboxylic acids is 1. The molecule has 0 fully saturated rings. The van der Waals surface area contributed by atoms with Gasteiger partial charge in [-0.3, -0.25) is 4.79 Å². The van der Waals surface area contributed by atoms with Crippen molar-refractivity contribution in [2.24, 2.45) is 0 Å². The smallest absolute Gasteiger partial charge is 0.259 e. The number of aromatic nitrogens is 2. The maximum atomic E-state index is 12.5. The number of hydrogen-bond donors (Lipinski definition) is 1. The first-order valence-corrected chi connectivity index (χ1v) is 7.54. The second-order valence-corrected chi connectivity index (χ2v) is 5.71. The molecule has 4 nitrogen and oxygen atoms in total. The Bertz CT molecular complexity index is 847. The van der Waals surface area contributed by atoms with Gasteiger partial charge in [0.25, 0.3) is 5.91 Å². The van der Waals surface area contributed by atoms with Gasteiger partial charge in [-0.15, -0.1) is 0 Å². The van der Waals surface area contributed by atoms with Crippen molar-refractivity contribution in [3.8, 4) is 5.69 Å². The molecular formula is C19H19N3O. The number of carbonyl (C=O) groups is 1. The van der Waals surface area contributed by atoms with Crippen LogP contribution in [0.5, 0.6) is 0 Å². The van der Waals surface area contributed by atoms with E-state index in [4.69, 9.17) is 0 Å². The second kappa shape index (κ2) is 6.08. The molecule has 0 saturated carbocycles. The van der Waals surface area contributed by atoms with E-state index >= 15 is 0 Å². The number of aryl methyl sites for hydroxylation is 2. The Hall–Kier alpha value is -2.88. The van der Waals surface area contributed by atoms with Crippen molar-refractivity contribution in [2.75, 3.05) is 5.32 Å². The number of hydrogen-bond acceptors (Lipinski definition) is 2. The molecule has 0 bridgehead atoms. The van der Waals surface area contributed by atoms with Crippen molar-refractivity contribution in [3.05, 3.63) is 77.1 Å². The molecule has 0 unspecified atom stereocenters. The number of nitrogens with zero attached hydrogens (tertiary/aromatic N) is 2. The van der Waals surface area contributed by atoms with E-state index in [2.05, 4.69) is 10.4 Å². The van der Waals surface area contributed by atoms with E-state index in [1.165, 1.54) is 0 Å². The van der Waals surface area contributed by atoms with Gasteiger partial charge in [0, 0.05) is 5.69 Å². The molecule has 0 atom stereocenters. The maximum Gasteiger partial charge on any atom is 0.259 e. The van der Waals surface area contributed by atoms with Crippen LogP contribution in [0.2, 0.25) is 0 Å². The second-order valence-electron chi connectivity index (χ2n) is 5.71. The Labute approximate surface area is 135 Å². The average molecular weight is 305 g/mol. The van der Waals surface area contributed by atoms with Crippen molar-refractivity contribution in [1.29, 1.82) is 0 Å². The first-order chi connectivity index (χ1) is 11.0. The highest BCUT2D eigenvalue weighted by molar-refractivity contribution is 6.04. The van der Waals surface area contributed by atoms with Gasteiger partial charge in [0.05, 0.1) is 23.1 Å². The van der Waals surface area contributed by atoms with Gasteiger partial charge in [-0.1, -0.05) is 29.8 Å². The topological polar surface area (TPSA) is 46.9 Å². The van der Waals surface area contributed by atoms with Crippen LogP contribution in [-0.4, -0.2) is 15.7 Å². The van der Waals surface area contributed by atoms with Gasteiger partial charge < -0.3 is 5.32 Å². The van der Waals surface area contributed by atoms with Crippen molar-refractivity contribution >= 4 is 11.6 Å². The molecule has 4 heteroatoms. The molecule has 1 heterocycles. The fourth-order valence-electron chi connectivity index (χ4n) is 2.49. The van der Waals surface area contributed by atoms with Crippen molar-refractivity contribution in [1.82, 2.24) is 9.78 Å². The Morgan fingerprint density at radius 2 is 1.74 bits per heavy atom. The van der Waals surface area contributed by atoms with E-state index in [-0.39, 0.29) is 5.91 Å². The van der Waals surface area contributed by atoms with Crippen LogP contribution in [0.3, 0.4) is 0 Å². The first-order valence-electron chi connectivity index (χ1n) is 7.54. The highest BCUT2D eigenvalue weighted by atomic mass is 16.1.